The lowest BCUT2D eigenvalue weighted by Crippen LogP contribution is -2.18. The maximum atomic E-state index is 10.8. The van der Waals surface area contributed by atoms with E-state index in [-0.39, 0.29) is 29.2 Å². The fourth-order valence-corrected chi connectivity index (χ4v) is 1.47. The maximum absolute atomic E-state index is 10.8. The van der Waals surface area contributed by atoms with E-state index in [0.717, 1.165) is 0 Å². The molecule has 0 heterocycles. The van der Waals surface area contributed by atoms with Crippen molar-refractivity contribution >= 4 is 22.6 Å². The van der Waals surface area contributed by atoms with Crippen LogP contribution in [-0.4, -0.2) is 25.0 Å². The number of allylic oxidation sites excluding steroid dienone is 2. The molecule has 5 nitrogen and oxygen atoms in total. The van der Waals surface area contributed by atoms with Crippen molar-refractivity contribution in [3.05, 3.63) is 16.5 Å². The minimum absolute atomic E-state index is 0.0212. The number of rotatable bonds is 1. The van der Waals surface area contributed by atoms with E-state index in [1.807, 2.05) is 0 Å². The van der Waals surface area contributed by atoms with Crippen LogP contribution in [0.2, 0.25) is 0 Å². The van der Waals surface area contributed by atoms with Gasteiger partial charge in [0.25, 0.3) is 0 Å². The summed E-state index contributed by atoms with van der Waals surface area (Å²) in [6.45, 7) is 0. The van der Waals surface area contributed by atoms with Crippen LogP contribution in [-0.2, 0) is 15.9 Å². The van der Waals surface area contributed by atoms with Gasteiger partial charge >= 0.3 is 5.71 Å². The first kappa shape index (κ1) is 8.99. The van der Waals surface area contributed by atoms with Crippen LogP contribution >= 0.6 is 0 Å². The molecular weight excluding hydrogens is 180 g/mol. The highest BCUT2D eigenvalue weighted by molar-refractivity contribution is 7.84. The lowest BCUT2D eigenvalue weighted by Gasteiger charge is -2.02. The van der Waals surface area contributed by atoms with Crippen LogP contribution in [0.1, 0.15) is 12.8 Å². The average molecular weight is 186 g/mol. The molecule has 0 radical (unpaired) electrons. The predicted octanol–water partition coefficient (Wildman–Crippen LogP) is 0.126. The molecule has 1 aliphatic rings. The zero-order valence-corrected chi connectivity index (χ0v) is 6.87. The van der Waals surface area contributed by atoms with Crippen LogP contribution in [0.4, 0.5) is 0 Å². The smallest absolute Gasteiger partial charge is 0.317 e. The van der Waals surface area contributed by atoms with Gasteiger partial charge in [0.05, 0.1) is 0 Å². The van der Waals surface area contributed by atoms with Crippen molar-refractivity contribution < 1.29 is 18.3 Å². The fourth-order valence-electron chi connectivity index (χ4n) is 0.927. The summed E-state index contributed by atoms with van der Waals surface area (Å²) in [6, 6.07) is 0. The summed E-state index contributed by atoms with van der Waals surface area (Å²) >= 11 is -2.18. The van der Waals surface area contributed by atoms with Crippen LogP contribution in [0, 0.1) is 0 Å². The normalized spacial score (nSPS) is 19.9. The van der Waals surface area contributed by atoms with Crippen LogP contribution in [0.25, 0.3) is 5.53 Å². The molecule has 1 N–H and O–H groups in total. The first-order valence-corrected chi connectivity index (χ1v) is 4.30. The molecule has 1 aliphatic carbocycles. The molecular formula is C6H6N2O3S. The Morgan fingerprint density at radius 1 is 1.67 bits per heavy atom. The maximum Gasteiger partial charge on any atom is 0.317 e. The van der Waals surface area contributed by atoms with Crippen molar-refractivity contribution in [2.75, 3.05) is 0 Å². The number of carbonyl (C=O) groups is 1. The minimum atomic E-state index is -2.18. The van der Waals surface area contributed by atoms with Crippen LogP contribution in [0.3, 0.4) is 0 Å². The highest BCUT2D eigenvalue weighted by Crippen LogP contribution is 2.13. The molecule has 0 aromatic heterocycles. The van der Waals surface area contributed by atoms with Crippen molar-refractivity contribution in [2.24, 2.45) is 0 Å². The summed E-state index contributed by atoms with van der Waals surface area (Å²) in [5.41, 5.74) is 8.36. The second-order valence-electron chi connectivity index (χ2n) is 2.28. The molecule has 0 aromatic rings. The van der Waals surface area contributed by atoms with E-state index in [2.05, 4.69) is 4.79 Å². The molecule has 0 amide bonds. The van der Waals surface area contributed by atoms with Gasteiger partial charge in [-0.2, -0.15) is 4.79 Å². The Morgan fingerprint density at radius 2 is 2.33 bits per heavy atom. The summed E-state index contributed by atoms with van der Waals surface area (Å²) in [7, 11) is 0. The van der Waals surface area contributed by atoms with Crippen molar-refractivity contribution in [2.45, 2.75) is 12.8 Å². The molecule has 12 heavy (non-hydrogen) atoms. The Bertz CT molecular complexity index is 328. The SMILES string of the molecule is [N-]=[N+]=C1CC(=O)CC=C1S(=O)O. The van der Waals surface area contributed by atoms with Gasteiger partial charge in [0.1, 0.15) is 17.1 Å². The zero-order chi connectivity index (χ0) is 9.14. The summed E-state index contributed by atoms with van der Waals surface area (Å²) in [5.74, 6) is -0.128. The summed E-state index contributed by atoms with van der Waals surface area (Å²) < 4.78 is 19.2. The van der Waals surface area contributed by atoms with E-state index in [4.69, 9.17) is 10.1 Å². The second-order valence-corrected chi connectivity index (χ2v) is 3.22. The summed E-state index contributed by atoms with van der Waals surface area (Å²) in [4.78, 5) is 13.6. The monoisotopic (exact) mass is 186 g/mol. The fraction of sp³-hybridized carbons (Fsp3) is 0.333. The highest BCUT2D eigenvalue weighted by Gasteiger charge is 2.27. The minimum Gasteiger partial charge on any atom is -0.361 e. The molecule has 0 fully saturated rings. The Morgan fingerprint density at radius 3 is 2.83 bits per heavy atom. The number of Topliss-reactive ketones (excluding diaryl/α,β-unsaturated/α-hetero) is 1. The van der Waals surface area contributed by atoms with Crippen LogP contribution < -0.4 is 0 Å². The number of nitrogens with zero attached hydrogens (tertiary/aromatic N) is 2. The van der Waals surface area contributed by atoms with Gasteiger partial charge in [-0.15, -0.1) is 0 Å². The summed E-state index contributed by atoms with van der Waals surface area (Å²) in [5, 5.41) is 0. The lowest BCUT2D eigenvalue weighted by molar-refractivity contribution is -0.117. The zero-order valence-electron chi connectivity index (χ0n) is 6.06. The number of hydrogen-bond acceptors (Lipinski definition) is 2. The Labute approximate surface area is 71.0 Å². The van der Waals surface area contributed by atoms with Crippen molar-refractivity contribution in [3.63, 3.8) is 0 Å². The summed E-state index contributed by atoms with van der Waals surface area (Å²) in [6.07, 6.45) is 1.35. The average Bonchev–Trinajstić information content (AvgIpc) is 2.03. The third kappa shape index (κ3) is 1.73. The Kier molecular flexibility index (Phi) is 2.65. The van der Waals surface area contributed by atoms with Gasteiger partial charge in [0, 0.05) is 6.42 Å². The van der Waals surface area contributed by atoms with Gasteiger partial charge in [-0.25, -0.2) is 4.21 Å². The van der Waals surface area contributed by atoms with E-state index in [9.17, 15) is 9.00 Å². The second kappa shape index (κ2) is 3.53. The topological polar surface area (TPSA) is 90.8 Å². The predicted molar refractivity (Wildman–Crippen MR) is 41.7 cm³/mol. The molecule has 0 saturated carbocycles. The van der Waals surface area contributed by atoms with Gasteiger partial charge in [0.15, 0.2) is 11.1 Å². The van der Waals surface area contributed by atoms with E-state index >= 15 is 0 Å². The molecule has 0 aliphatic heterocycles. The highest BCUT2D eigenvalue weighted by atomic mass is 32.2. The molecule has 64 valence electrons. The number of hydrogen-bond donors (Lipinski definition) is 1. The molecule has 0 bridgehead atoms. The molecule has 0 spiro atoms. The van der Waals surface area contributed by atoms with Crippen molar-refractivity contribution in [1.29, 1.82) is 0 Å². The lowest BCUT2D eigenvalue weighted by atomic mass is 10.0. The molecule has 6 heteroatoms. The Hall–Kier alpha value is -1.10. The Balaban J connectivity index is 3.07. The molecule has 0 aromatic carbocycles. The van der Waals surface area contributed by atoms with E-state index in [1.54, 1.807) is 0 Å². The van der Waals surface area contributed by atoms with Gasteiger partial charge in [-0.1, -0.05) is 6.08 Å². The van der Waals surface area contributed by atoms with Gasteiger partial charge in [-0.3, -0.25) is 4.79 Å². The quantitative estimate of drug-likeness (QED) is 0.358. The van der Waals surface area contributed by atoms with Gasteiger partial charge < -0.3 is 10.1 Å². The largest absolute Gasteiger partial charge is 0.361 e. The van der Waals surface area contributed by atoms with Gasteiger partial charge in [0.2, 0.25) is 0 Å². The number of ketones is 1. The van der Waals surface area contributed by atoms with Crippen molar-refractivity contribution in [1.82, 2.24) is 0 Å². The van der Waals surface area contributed by atoms with Crippen LogP contribution in [0.5, 0.6) is 0 Å². The molecule has 1 unspecified atom stereocenters. The molecule has 0 saturated heterocycles. The van der Waals surface area contributed by atoms with Gasteiger partial charge in [-0.05, 0) is 0 Å². The molecule has 1 rings (SSSR count). The van der Waals surface area contributed by atoms with E-state index < -0.39 is 11.1 Å². The standard InChI is InChI=1S/C6H6N2O3S/c7-8-5-3-4(9)1-2-6(5)12(10)11/h2H,1,3H2,(H,10,11). The van der Waals surface area contributed by atoms with Crippen molar-refractivity contribution in [3.8, 4) is 0 Å². The number of carbonyl (C=O) groups excluding carboxylic acids is 1. The first-order valence-electron chi connectivity index (χ1n) is 3.19. The third-order valence-electron chi connectivity index (χ3n) is 1.47. The first-order chi connectivity index (χ1) is 5.65. The molecule has 1 atom stereocenters. The van der Waals surface area contributed by atoms with Crippen LogP contribution in [0.15, 0.2) is 11.0 Å². The third-order valence-corrected chi connectivity index (χ3v) is 2.25. The van der Waals surface area contributed by atoms with E-state index in [0.29, 0.717) is 0 Å². The van der Waals surface area contributed by atoms with E-state index in [1.165, 1.54) is 6.08 Å².